The Kier molecular flexibility index (Phi) is 9.03. The number of unbranched alkanes of at least 4 members (excludes halogenated alkanes) is 5. The quantitative estimate of drug-likeness (QED) is 0.440. The molecule has 0 atom stereocenters. The highest BCUT2D eigenvalue weighted by Crippen LogP contribution is 2.18. The summed E-state index contributed by atoms with van der Waals surface area (Å²) < 4.78 is 23.8. The average molecular weight is 315 g/mol. The summed E-state index contributed by atoms with van der Waals surface area (Å²) in [5.74, 6) is 0.987. The molecule has 0 bridgehead atoms. The summed E-state index contributed by atoms with van der Waals surface area (Å²) in [6.45, 7) is 2.20. The monoisotopic (exact) mass is 314 g/mol. The minimum absolute atomic E-state index is 0.248. The van der Waals surface area contributed by atoms with Gasteiger partial charge in [-0.3, -0.25) is 0 Å². The van der Waals surface area contributed by atoms with Crippen LogP contribution in [0.25, 0.3) is 0 Å². The lowest BCUT2D eigenvalue weighted by atomic mass is 10.1. The van der Waals surface area contributed by atoms with Crippen molar-refractivity contribution >= 4 is 19.7 Å². The second-order valence-corrected chi connectivity index (χ2v) is 9.49. The van der Waals surface area contributed by atoms with E-state index in [9.17, 15) is 8.42 Å². The third-order valence-electron chi connectivity index (χ3n) is 3.24. The molecule has 2 nitrogen and oxygen atoms in total. The highest BCUT2D eigenvalue weighted by Gasteiger charge is 2.11. The molecule has 0 N–H and O–H groups in total. The summed E-state index contributed by atoms with van der Waals surface area (Å²) >= 11 is 0. The van der Waals surface area contributed by atoms with Gasteiger partial charge in [0.15, 0.2) is 0 Å². The fourth-order valence-electron chi connectivity index (χ4n) is 2.01. The topological polar surface area (TPSA) is 34.1 Å². The van der Waals surface area contributed by atoms with Crippen molar-refractivity contribution in [2.75, 3.05) is 11.5 Å². The van der Waals surface area contributed by atoms with E-state index in [0.29, 0.717) is 6.42 Å². The molecule has 1 rings (SSSR count). The van der Waals surface area contributed by atoms with Gasteiger partial charge < -0.3 is 0 Å². The summed E-state index contributed by atoms with van der Waals surface area (Å²) in [4.78, 5) is 0. The van der Waals surface area contributed by atoms with Gasteiger partial charge >= 0.3 is 0 Å². The molecule has 0 fully saturated rings. The molecule has 0 spiro atoms. The van der Waals surface area contributed by atoms with Crippen LogP contribution in [-0.4, -0.2) is 19.9 Å². The standard InChI is InChI=1S/C16H26O2S2/c1-2-3-4-5-6-10-14-19-20(17,18)15-13-16-11-8-7-9-12-16/h7-9,11-12H,2-6,10,13-15H2,1H3. The number of aryl methyl sites for hydroxylation is 1. The Bertz CT molecular complexity index is 441. The van der Waals surface area contributed by atoms with Gasteiger partial charge in [-0.2, -0.15) is 0 Å². The minimum Gasteiger partial charge on any atom is -0.217 e. The van der Waals surface area contributed by atoms with Crippen molar-refractivity contribution < 1.29 is 8.42 Å². The van der Waals surface area contributed by atoms with Crippen LogP contribution in [0, 0.1) is 0 Å². The number of hydrogen-bond donors (Lipinski definition) is 0. The molecule has 0 unspecified atom stereocenters. The van der Waals surface area contributed by atoms with Gasteiger partial charge in [0.1, 0.15) is 0 Å². The first-order chi connectivity index (χ1) is 9.64. The highest BCUT2D eigenvalue weighted by molar-refractivity contribution is 8.72. The van der Waals surface area contributed by atoms with Crippen molar-refractivity contribution in [1.82, 2.24) is 0 Å². The Balaban J connectivity index is 2.12. The van der Waals surface area contributed by atoms with Crippen LogP contribution < -0.4 is 0 Å². The smallest absolute Gasteiger partial charge is 0.201 e. The molecule has 0 heterocycles. The highest BCUT2D eigenvalue weighted by atomic mass is 33.1. The fraction of sp³-hybridized carbons (Fsp3) is 0.625. The molecule has 0 saturated carbocycles. The molecule has 0 aliphatic carbocycles. The van der Waals surface area contributed by atoms with Gasteiger partial charge in [-0.15, -0.1) is 0 Å². The summed E-state index contributed by atoms with van der Waals surface area (Å²) in [6.07, 6.45) is 7.85. The van der Waals surface area contributed by atoms with E-state index in [0.717, 1.165) is 35.0 Å². The number of rotatable bonds is 11. The summed E-state index contributed by atoms with van der Waals surface area (Å²) in [7, 11) is -1.83. The number of benzene rings is 1. The lowest BCUT2D eigenvalue weighted by Crippen LogP contribution is -2.05. The Morgan fingerprint density at radius 2 is 1.60 bits per heavy atom. The fourth-order valence-corrected chi connectivity index (χ4v) is 4.91. The summed E-state index contributed by atoms with van der Waals surface area (Å²) in [5.41, 5.74) is 1.09. The first-order valence-electron chi connectivity index (χ1n) is 7.55. The van der Waals surface area contributed by atoms with E-state index >= 15 is 0 Å². The van der Waals surface area contributed by atoms with Crippen molar-refractivity contribution in [3.63, 3.8) is 0 Å². The Morgan fingerprint density at radius 1 is 0.950 bits per heavy atom. The molecule has 20 heavy (non-hydrogen) atoms. The predicted molar refractivity (Wildman–Crippen MR) is 89.8 cm³/mol. The van der Waals surface area contributed by atoms with Gasteiger partial charge in [0, 0.05) is 5.75 Å². The van der Waals surface area contributed by atoms with Crippen molar-refractivity contribution in [3.8, 4) is 0 Å². The Labute approximate surface area is 127 Å². The molecule has 114 valence electrons. The van der Waals surface area contributed by atoms with E-state index in [4.69, 9.17) is 0 Å². The summed E-state index contributed by atoms with van der Waals surface area (Å²) in [6, 6.07) is 9.81. The van der Waals surface area contributed by atoms with Crippen LogP contribution in [0.5, 0.6) is 0 Å². The second-order valence-electron chi connectivity index (χ2n) is 5.09. The van der Waals surface area contributed by atoms with Crippen molar-refractivity contribution in [1.29, 1.82) is 0 Å². The van der Waals surface area contributed by atoms with Crippen LogP contribution >= 0.6 is 10.8 Å². The van der Waals surface area contributed by atoms with E-state index in [1.54, 1.807) is 0 Å². The lowest BCUT2D eigenvalue weighted by Gasteiger charge is -2.04. The molecule has 1 aromatic carbocycles. The van der Waals surface area contributed by atoms with Gasteiger partial charge in [-0.05, 0) is 29.2 Å². The van der Waals surface area contributed by atoms with Crippen LogP contribution in [0.4, 0.5) is 0 Å². The molecular formula is C16H26O2S2. The minimum atomic E-state index is -2.96. The van der Waals surface area contributed by atoms with E-state index in [2.05, 4.69) is 6.92 Å². The van der Waals surface area contributed by atoms with Gasteiger partial charge in [0.25, 0.3) is 0 Å². The van der Waals surface area contributed by atoms with E-state index in [-0.39, 0.29) is 5.75 Å². The van der Waals surface area contributed by atoms with E-state index in [1.165, 1.54) is 25.7 Å². The maximum absolute atomic E-state index is 11.9. The van der Waals surface area contributed by atoms with Crippen molar-refractivity contribution in [2.45, 2.75) is 51.9 Å². The van der Waals surface area contributed by atoms with Crippen molar-refractivity contribution in [2.24, 2.45) is 0 Å². The SMILES string of the molecule is CCCCCCCCSS(=O)(=O)CCc1ccccc1. The summed E-state index contributed by atoms with van der Waals surface area (Å²) in [5, 5.41) is 0. The predicted octanol–water partition coefficient (Wildman–Crippen LogP) is 4.65. The molecule has 0 aliphatic heterocycles. The second kappa shape index (κ2) is 10.3. The Morgan fingerprint density at radius 3 is 2.30 bits per heavy atom. The molecule has 0 aliphatic rings. The normalized spacial score (nSPS) is 11.7. The molecule has 0 aromatic heterocycles. The third kappa shape index (κ3) is 8.64. The Hall–Kier alpha value is -0.480. The zero-order valence-corrected chi connectivity index (χ0v) is 14.0. The molecule has 0 radical (unpaired) electrons. The molecule has 0 saturated heterocycles. The number of hydrogen-bond acceptors (Lipinski definition) is 3. The first kappa shape index (κ1) is 17.6. The molecule has 1 aromatic rings. The zero-order valence-electron chi connectivity index (χ0n) is 12.4. The van der Waals surface area contributed by atoms with Gasteiger partial charge in [0.05, 0.1) is 5.75 Å². The van der Waals surface area contributed by atoms with Gasteiger partial charge in [0.2, 0.25) is 8.87 Å². The maximum Gasteiger partial charge on any atom is 0.201 e. The largest absolute Gasteiger partial charge is 0.217 e. The first-order valence-corrected chi connectivity index (χ1v) is 10.7. The molecule has 4 heteroatoms. The van der Waals surface area contributed by atoms with Gasteiger partial charge in [-0.25, -0.2) is 8.42 Å². The van der Waals surface area contributed by atoms with Crippen LogP contribution in [0.1, 0.15) is 51.0 Å². The van der Waals surface area contributed by atoms with Crippen LogP contribution in [0.2, 0.25) is 0 Å². The average Bonchev–Trinajstić information content (AvgIpc) is 2.45. The molecular weight excluding hydrogens is 288 g/mol. The van der Waals surface area contributed by atoms with E-state index in [1.807, 2.05) is 30.3 Å². The van der Waals surface area contributed by atoms with Gasteiger partial charge in [-0.1, -0.05) is 69.4 Å². The maximum atomic E-state index is 11.9. The third-order valence-corrected chi connectivity index (χ3v) is 6.84. The molecule has 0 amide bonds. The van der Waals surface area contributed by atoms with E-state index < -0.39 is 8.87 Å². The van der Waals surface area contributed by atoms with Crippen LogP contribution in [0.15, 0.2) is 30.3 Å². The zero-order chi connectivity index (χ0) is 14.7. The van der Waals surface area contributed by atoms with Crippen LogP contribution in [0.3, 0.4) is 0 Å². The van der Waals surface area contributed by atoms with Crippen molar-refractivity contribution in [3.05, 3.63) is 35.9 Å². The lowest BCUT2D eigenvalue weighted by molar-refractivity contribution is 0.609. The van der Waals surface area contributed by atoms with Crippen LogP contribution in [-0.2, 0) is 15.3 Å².